The summed E-state index contributed by atoms with van der Waals surface area (Å²) in [5, 5.41) is 5.85. The molecule has 0 aromatic heterocycles. The van der Waals surface area contributed by atoms with Gasteiger partial charge in [0, 0.05) is 17.5 Å². The molecule has 0 aliphatic rings. The van der Waals surface area contributed by atoms with Gasteiger partial charge in [-0.1, -0.05) is 30.7 Å². The number of carbonyl (C=O) groups excluding carboxylic acids is 3. The smallest absolute Gasteiger partial charge is 0.306 e. The molecule has 7 nitrogen and oxygen atoms in total. The first-order chi connectivity index (χ1) is 13.3. The molecule has 0 radical (unpaired) electrons. The second kappa shape index (κ2) is 9.75. The van der Waals surface area contributed by atoms with Crippen molar-refractivity contribution in [2.24, 2.45) is 0 Å². The molecule has 28 heavy (non-hydrogen) atoms. The molecule has 0 heterocycles. The van der Waals surface area contributed by atoms with Crippen LogP contribution in [0.4, 0.5) is 11.4 Å². The van der Waals surface area contributed by atoms with Gasteiger partial charge in [0.25, 0.3) is 11.8 Å². The quantitative estimate of drug-likeness (QED) is 0.684. The van der Waals surface area contributed by atoms with Crippen LogP contribution in [0, 0.1) is 6.92 Å². The summed E-state index contributed by atoms with van der Waals surface area (Å²) >= 11 is 6.09. The predicted molar refractivity (Wildman–Crippen MR) is 107 cm³/mol. The first-order valence-electron chi connectivity index (χ1n) is 8.55. The first-order valence-corrected chi connectivity index (χ1v) is 8.93. The van der Waals surface area contributed by atoms with E-state index in [1.165, 1.54) is 7.11 Å². The van der Waals surface area contributed by atoms with Crippen LogP contribution in [0.3, 0.4) is 0 Å². The van der Waals surface area contributed by atoms with Crippen LogP contribution in [0.25, 0.3) is 0 Å². The number of aryl methyl sites for hydroxylation is 1. The van der Waals surface area contributed by atoms with Gasteiger partial charge >= 0.3 is 5.97 Å². The molecule has 2 aromatic rings. The van der Waals surface area contributed by atoms with Gasteiger partial charge in [0.15, 0.2) is 6.61 Å². The Kier molecular flexibility index (Phi) is 7.40. The van der Waals surface area contributed by atoms with E-state index in [1.54, 1.807) is 43.3 Å². The topological polar surface area (TPSA) is 93.7 Å². The zero-order chi connectivity index (χ0) is 20.7. The highest BCUT2D eigenvalue weighted by molar-refractivity contribution is 6.31. The molecule has 0 spiro atoms. The number of esters is 1. The van der Waals surface area contributed by atoms with Crippen molar-refractivity contribution < 1.29 is 23.9 Å². The summed E-state index contributed by atoms with van der Waals surface area (Å²) < 4.78 is 10.1. The maximum Gasteiger partial charge on any atom is 0.306 e. The number of hydrogen-bond acceptors (Lipinski definition) is 5. The van der Waals surface area contributed by atoms with Crippen molar-refractivity contribution in [2.45, 2.75) is 20.3 Å². The highest BCUT2D eigenvalue weighted by Crippen LogP contribution is 2.31. The Morgan fingerprint density at radius 2 is 1.79 bits per heavy atom. The lowest BCUT2D eigenvalue weighted by Gasteiger charge is -2.14. The Morgan fingerprint density at radius 3 is 2.46 bits per heavy atom. The van der Waals surface area contributed by atoms with E-state index in [0.717, 1.165) is 5.56 Å². The van der Waals surface area contributed by atoms with Crippen molar-refractivity contribution in [1.82, 2.24) is 0 Å². The van der Waals surface area contributed by atoms with Crippen LogP contribution in [0.15, 0.2) is 36.4 Å². The zero-order valence-electron chi connectivity index (χ0n) is 15.8. The van der Waals surface area contributed by atoms with Crippen molar-refractivity contribution in [3.63, 3.8) is 0 Å². The number of anilines is 2. The van der Waals surface area contributed by atoms with Gasteiger partial charge in [0.05, 0.1) is 24.0 Å². The highest BCUT2D eigenvalue weighted by atomic mass is 35.5. The maximum atomic E-state index is 12.8. The SMILES string of the molecule is CCC(=O)OCC(=O)Nc1ccccc1C(=O)Nc1cc(C)c(Cl)cc1OC. The van der Waals surface area contributed by atoms with E-state index in [9.17, 15) is 14.4 Å². The van der Waals surface area contributed by atoms with Crippen molar-refractivity contribution in [3.8, 4) is 5.75 Å². The minimum Gasteiger partial charge on any atom is -0.495 e. The van der Waals surface area contributed by atoms with Crippen LogP contribution in [-0.2, 0) is 14.3 Å². The Hall–Kier alpha value is -3.06. The second-order valence-electron chi connectivity index (χ2n) is 5.86. The lowest BCUT2D eigenvalue weighted by Crippen LogP contribution is -2.23. The fraction of sp³-hybridized carbons (Fsp3) is 0.250. The third kappa shape index (κ3) is 5.47. The van der Waals surface area contributed by atoms with Crippen molar-refractivity contribution in [1.29, 1.82) is 0 Å². The molecule has 0 saturated heterocycles. The summed E-state index contributed by atoms with van der Waals surface area (Å²) in [6.07, 6.45) is 0.175. The molecule has 0 fully saturated rings. The predicted octanol–water partition coefficient (Wildman–Crippen LogP) is 3.80. The van der Waals surface area contributed by atoms with E-state index >= 15 is 0 Å². The van der Waals surface area contributed by atoms with Gasteiger partial charge in [-0.3, -0.25) is 14.4 Å². The van der Waals surface area contributed by atoms with Crippen molar-refractivity contribution >= 4 is 40.8 Å². The van der Waals surface area contributed by atoms with Gasteiger partial charge in [-0.25, -0.2) is 0 Å². The van der Waals surface area contributed by atoms with Gasteiger partial charge < -0.3 is 20.1 Å². The molecule has 2 rings (SSSR count). The fourth-order valence-electron chi connectivity index (χ4n) is 2.34. The number of ether oxygens (including phenoxy) is 2. The third-order valence-corrected chi connectivity index (χ3v) is 4.23. The van der Waals surface area contributed by atoms with Crippen LogP contribution in [0.5, 0.6) is 5.75 Å². The van der Waals surface area contributed by atoms with Gasteiger partial charge in [-0.05, 0) is 30.7 Å². The number of benzene rings is 2. The van der Waals surface area contributed by atoms with Crippen LogP contribution in [0.2, 0.25) is 5.02 Å². The van der Waals surface area contributed by atoms with E-state index in [2.05, 4.69) is 10.6 Å². The average Bonchev–Trinajstić information content (AvgIpc) is 2.69. The van der Waals surface area contributed by atoms with Crippen molar-refractivity contribution in [3.05, 3.63) is 52.5 Å². The summed E-state index contributed by atoms with van der Waals surface area (Å²) in [6, 6.07) is 9.81. The number of rotatable bonds is 7. The summed E-state index contributed by atoms with van der Waals surface area (Å²) in [4.78, 5) is 35.9. The Morgan fingerprint density at radius 1 is 1.07 bits per heavy atom. The molecule has 0 bridgehead atoms. The number of nitrogens with one attached hydrogen (secondary N) is 2. The van der Waals surface area contributed by atoms with E-state index in [0.29, 0.717) is 22.1 Å². The Labute approximate surface area is 168 Å². The maximum absolute atomic E-state index is 12.8. The average molecular weight is 405 g/mol. The van der Waals surface area contributed by atoms with Crippen LogP contribution in [0.1, 0.15) is 29.3 Å². The van der Waals surface area contributed by atoms with Crippen LogP contribution < -0.4 is 15.4 Å². The van der Waals surface area contributed by atoms with Gasteiger partial charge in [0.2, 0.25) is 0 Å². The molecule has 2 aromatic carbocycles. The van der Waals surface area contributed by atoms with Crippen LogP contribution in [-0.4, -0.2) is 31.5 Å². The molecule has 0 atom stereocenters. The molecular weight excluding hydrogens is 384 g/mol. The summed E-state index contributed by atoms with van der Waals surface area (Å²) in [7, 11) is 1.47. The Balaban J connectivity index is 2.18. The van der Waals surface area contributed by atoms with E-state index in [4.69, 9.17) is 21.1 Å². The highest BCUT2D eigenvalue weighted by Gasteiger charge is 2.16. The number of halogens is 1. The largest absolute Gasteiger partial charge is 0.495 e. The molecule has 148 valence electrons. The van der Waals surface area contributed by atoms with E-state index in [1.807, 2.05) is 6.92 Å². The molecule has 2 N–H and O–H groups in total. The summed E-state index contributed by atoms with van der Waals surface area (Å²) in [6.45, 7) is 3.02. The lowest BCUT2D eigenvalue weighted by molar-refractivity contribution is -0.146. The van der Waals surface area contributed by atoms with Gasteiger partial charge in [-0.15, -0.1) is 0 Å². The zero-order valence-corrected chi connectivity index (χ0v) is 16.6. The molecule has 2 amide bonds. The molecule has 0 unspecified atom stereocenters. The number of carbonyl (C=O) groups is 3. The lowest BCUT2D eigenvalue weighted by atomic mass is 10.1. The molecule has 0 saturated carbocycles. The standard InChI is InChI=1S/C20H21ClN2O5/c1-4-19(25)28-11-18(24)22-15-8-6-5-7-13(15)20(26)23-16-9-12(2)14(21)10-17(16)27-3/h5-10H,4,11H2,1-3H3,(H,22,24)(H,23,26). The number of para-hydroxylation sites is 1. The van der Waals surface area contributed by atoms with E-state index in [-0.39, 0.29) is 12.0 Å². The molecular formula is C20H21ClN2O5. The summed E-state index contributed by atoms with van der Waals surface area (Å²) in [5.41, 5.74) is 1.76. The van der Waals surface area contributed by atoms with E-state index < -0.39 is 24.4 Å². The van der Waals surface area contributed by atoms with Gasteiger partial charge in [0.1, 0.15) is 5.75 Å². The minimum absolute atomic E-state index is 0.175. The molecule has 8 heteroatoms. The summed E-state index contributed by atoms with van der Waals surface area (Å²) in [5.74, 6) is -1.05. The normalized spacial score (nSPS) is 10.1. The monoisotopic (exact) mass is 404 g/mol. The molecule has 0 aliphatic heterocycles. The van der Waals surface area contributed by atoms with Gasteiger partial charge in [-0.2, -0.15) is 0 Å². The third-order valence-electron chi connectivity index (χ3n) is 3.83. The number of amides is 2. The van der Waals surface area contributed by atoms with Crippen LogP contribution >= 0.6 is 11.6 Å². The number of methoxy groups -OCH3 is 1. The fourth-order valence-corrected chi connectivity index (χ4v) is 2.50. The second-order valence-corrected chi connectivity index (χ2v) is 6.27. The number of hydrogen-bond donors (Lipinski definition) is 2. The first kappa shape index (κ1) is 21.2. The van der Waals surface area contributed by atoms with Crippen molar-refractivity contribution in [2.75, 3.05) is 24.4 Å². The molecule has 0 aliphatic carbocycles. The minimum atomic E-state index is -0.540. The Bertz CT molecular complexity index is 898.